The molecule has 150 valence electrons. The first-order valence-corrected chi connectivity index (χ1v) is 10.1. The van der Waals surface area contributed by atoms with Gasteiger partial charge in [-0.3, -0.25) is 0 Å². The maximum atomic E-state index is 14.1. The normalized spacial score (nSPS) is 10.6. The molecule has 0 fully saturated rings. The average Bonchev–Trinajstić information content (AvgIpc) is 3.24. The second-order valence-electron chi connectivity index (χ2n) is 6.50. The molecule has 1 heterocycles. The molecule has 0 unspecified atom stereocenters. The number of thiazole rings is 1. The van der Waals surface area contributed by atoms with Gasteiger partial charge < -0.3 is 10.6 Å². The van der Waals surface area contributed by atoms with E-state index in [9.17, 15) is 13.6 Å². The van der Waals surface area contributed by atoms with Crippen LogP contribution in [0, 0.1) is 11.6 Å². The van der Waals surface area contributed by atoms with Crippen molar-refractivity contribution in [2.45, 2.75) is 6.54 Å². The van der Waals surface area contributed by atoms with Gasteiger partial charge in [0.05, 0.1) is 11.4 Å². The van der Waals surface area contributed by atoms with E-state index in [2.05, 4.69) is 15.6 Å². The molecule has 0 radical (unpaired) electrons. The summed E-state index contributed by atoms with van der Waals surface area (Å²) in [6, 6.07) is 19.3. The van der Waals surface area contributed by atoms with Crippen LogP contribution in [0.15, 0.2) is 78.2 Å². The Labute approximate surface area is 176 Å². The number of amides is 2. The smallest absolute Gasteiger partial charge is 0.319 e. The molecule has 4 aromatic rings. The number of anilines is 1. The first-order chi connectivity index (χ1) is 14.6. The van der Waals surface area contributed by atoms with Gasteiger partial charge >= 0.3 is 6.03 Å². The molecule has 4 rings (SSSR count). The Morgan fingerprint density at radius 1 is 0.900 bits per heavy atom. The lowest BCUT2D eigenvalue weighted by atomic mass is 10.1. The molecule has 2 N–H and O–H groups in total. The van der Waals surface area contributed by atoms with E-state index in [1.807, 2.05) is 23.6 Å². The second-order valence-corrected chi connectivity index (χ2v) is 7.36. The predicted octanol–water partition coefficient (Wildman–Crippen LogP) is 6.08. The minimum absolute atomic E-state index is 0.266. The largest absolute Gasteiger partial charge is 0.334 e. The van der Waals surface area contributed by atoms with E-state index < -0.39 is 6.03 Å². The van der Waals surface area contributed by atoms with Crippen LogP contribution in [0.25, 0.3) is 21.8 Å². The maximum Gasteiger partial charge on any atom is 0.319 e. The lowest BCUT2D eigenvalue weighted by Crippen LogP contribution is -2.28. The fourth-order valence-electron chi connectivity index (χ4n) is 2.92. The highest BCUT2D eigenvalue weighted by Crippen LogP contribution is 2.33. The van der Waals surface area contributed by atoms with Crippen LogP contribution in [-0.4, -0.2) is 11.0 Å². The van der Waals surface area contributed by atoms with Crippen LogP contribution < -0.4 is 10.6 Å². The van der Waals surface area contributed by atoms with E-state index in [1.54, 1.807) is 36.4 Å². The number of nitrogens with one attached hydrogen (secondary N) is 2. The van der Waals surface area contributed by atoms with Gasteiger partial charge in [0, 0.05) is 23.1 Å². The van der Waals surface area contributed by atoms with Crippen LogP contribution in [0.2, 0.25) is 0 Å². The van der Waals surface area contributed by atoms with Crippen LogP contribution in [-0.2, 0) is 6.54 Å². The van der Waals surface area contributed by atoms with E-state index in [-0.39, 0.29) is 18.2 Å². The summed E-state index contributed by atoms with van der Waals surface area (Å²) >= 11 is 1.34. The van der Waals surface area contributed by atoms with Crippen LogP contribution in [0.1, 0.15) is 5.56 Å². The molecule has 0 aliphatic carbocycles. The molecule has 2 amide bonds. The number of para-hydroxylation sites is 1. The van der Waals surface area contributed by atoms with Gasteiger partial charge in [0.25, 0.3) is 0 Å². The molecule has 0 saturated heterocycles. The Kier molecular flexibility index (Phi) is 5.81. The Hall–Kier alpha value is -3.58. The van der Waals surface area contributed by atoms with E-state index in [4.69, 9.17) is 0 Å². The number of urea groups is 1. The number of carbonyl (C=O) groups is 1. The summed E-state index contributed by atoms with van der Waals surface area (Å²) in [6.45, 7) is 0.266. The summed E-state index contributed by atoms with van der Waals surface area (Å²) in [7, 11) is 0. The minimum Gasteiger partial charge on any atom is -0.334 e. The standard InChI is InChI=1S/C23H17F2N3OS/c24-16-11-9-15(10-12-16)13-26-23(29)28-20-8-4-2-6-18(20)21-14-30-22(27-21)17-5-1-3-7-19(17)25/h1-12,14H,13H2,(H2,26,28,29). The molecule has 7 heteroatoms. The van der Waals surface area contributed by atoms with Crippen LogP contribution in [0.3, 0.4) is 0 Å². The van der Waals surface area contributed by atoms with Crippen molar-refractivity contribution in [2.24, 2.45) is 0 Å². The fraction of sp³-hybridized carbons (Fsp3) is 0.0435. The highest BCUT2D eigenvalue weighted by atomic mass is 32.1. The van der Waals surface area contributed by atoms with Gasteiger partial charge in [-0.05, 0) is 35.9 Å². The van der Waals surface area contributed by atoms with Gasteiger partial charge in [-0.25, -0.2) is 18.6 Å². The van der Waals surface area contributed by atoms with Crippen LogP contribution in [0.4, 0.5) is 19.3 Å². The number of benzene rings is 3. The number of halogens is 2. The number of nitrogens with zero attached hydrogens (tertiary/aromatic N) is 1. The first kappa shape index (κ1) is 19.7. The SMILES string of the molecule is O=C(NCc1ccc(F)cc1)Nc1ccccc1-c1csc(-c2ccccc2F)n1. The van der Waals surface area contributed by atoms with Crippen molar-refractivity contribution in [2.75, 3.05) is 5.32 Å². The predicted molar refractivity (Wildman–Crippen MR) is 115 cm³/mol. The van der Waals surface area contributed by atoms with Gasteiger partial charge in [-0.15, -0.1) is 11.3 Å². The highest BCUT2D eigenvalue weighted by Gasteiger charge is 2.14. The van der Waals surface area contributed by atoms with Crippen LogP contribution >= 0.6 is 11.3 Å². The maximum absolute atomic E-state index is 14.1. The molecule has 0 aliphatic rings. The molecule has 3 aromatic carbocycles. The average molecular weight is 421 g/mol. The summed E-state index contributed by atoms with van der Waals surface area (Å²) in [4.78, 5) is 16.9. The monoisotopic (exact) mass is 421 g/mol. The number of aromatic nitrogens is 1. The Balaban J connectivity index is 1.50. The molecule has 0 spiro atoms. The molecular formula is C23H17F2N3OS. The molecule has 4 nitrogen and oxygen atoms in total. The van der Waals surface area contributed by atoms with Crippen LogP contribution in [0.5, 0.6) is 0 Å². The summed E-state index contributed by atoms with van der Waals surface area (Å²) in [5.41, 5.74) is 3.19. The summed E-state index contributed by atoms with van der Waals surface area (Å²) in [5, 5.41) is 7.96. The van der Waals surface area contributed by atoms with Gasteiger partial charge in [0.1, 0.15) is 16.6 Å². The van der Waals surface area contributed by atoms with Crippen molar-refractivity contribution >= 4 is 23.1 Å². The number of hydrogen-bond donors (Lipinski definition) is 2. The van der Waals surface area contributed by atoms with E-state index in [0.717, 1.165) is 11.1 Å². The van der Waals surface area contributed by atoms with E-state index >= 15 is 0 Å². The van der Waals surface area contributed by atoms with Crippen molar-refractivity contribution < 1.29 is 13.6 Å². The quantitative estimate of drug-likeness (QED) is 0.410. The zero-order chi connectivity index (χ0) is 20.9. The van der Waals surface area contributed by atoms with Gasteiger partial charge in [0.15, 0.2) is 0 Å². The van der Waals surface area contributed by atoms with Gasteiger partial charge in [-0.2, -0.15) is 0 Å². The van der Waals surface area contributed by atoms with Gasteiger partial charge in [-0.1, -0.05) is 42.5 Å². The lowest BCUT2D eigenvalue weighted by molar-refractivity contribution is 0.252. The van der Waals surface area contributed by atoms with E-state index in [1.165, 1.54) is 29.5 Å². The minimum atomic E-state index is -0.392. The van der Waals surface area contributed by atoms with Crippen molar-refractivity contribution in [3.05, 3.63) is 95.4 Å². The fourth-order valence-corrected chi connectivity index (χ4v) is 3.77. The van der Waals surface area contributed by atoms with Crippen molar-refractivity contribution in [3.63, 3.8) is 0 Å². The topological polar surface area (TPSA) is 54.0 Å². The first-order valence-electron chi connectivity index (χ1n) is 9.19. The Bertz CT molecular complexity index is 1180. The molecular weight excluding hydrogens is 404 g/mol. The van der Waals surface area contributed by atoms with E-state index in [0.29, 0.717) is 22.0 Å². The molecule has 0 atom stereocenters. The molecule has 0 bridgehead atoms. The molecule has 30 heavy (non-hydrogen) atoms. The summed E-state index contributed by atoms with van der Waals surface area (Å²) in [5.74, 6) is -0.653. The molecule has 0 aliphatic heterocycles. The third-order valence-corrected chi connectivity index (χ3v) is 5.30. The lowest BCUT2D eigenvalue weighted by Gasteiger charge is -2.11. The summed E-state index contributed by atoms with van der Waals surface area (Å²) in [6.07, 6.45) is 0. The third kappa shape index (κ3) is 4.52. The molecule has 0 saturated carbocycles. The van der Waals surface area contributed by atoms with Crippen molar-refractivity contribution in [1.82, 2.24) is 10.3 Å². The Morgan fingerprint density at radius 3 is 2.37 bits per heavy atom. The number of rotatable bonds is 5. The number of carbonyl (C=O) groups excluding carboxylic acids is 1. The second kappa shape index (κ2) is 8.84. The zero-order valence-corrected chi connectivity index (χ0v) is 16.5. The molecule has 1 aromatic heterocycles. The van der Waals surface area contributed by atoms with Crippen molar-refractivity contribution in [1.29, 1.82) is 0 Å². The van der Waals surface area contributed by atoms with Gasteiger partial charge in [0.2, 0.25) is 0 Å². The highest BCUT2D eigenvalue weighted by molar-refractivity contribution is 7.13. The number of hydrogen-bond acceptors (Lipinski definition) is 3. The zero-order valence-electron chi connectivity index (χ0n) is 15.7. The summed E-state index contributed by atoms with van der Waals surface area (Å²) < 4.78 is 27.1. The van der Waals surface area contributed by atoms with Crippen molar-refractivity contribution in [3.8, 4) is 21.8 Å². The Morgan fingerprint density at radius 2 is 1.60 bits per heavy atom. The third-order valence-electron chi connectivity index (χ3n) is 4.43.